The highest BCUT2D eigenvalue weighted by Gasteiger charge is 2.44. The molecule has 1 aliphatic heterocycles. The molecule has 0 saturated carbocycles. The van der Waals surface area contributed by atoms with Crippen molar-refractivity contribution in [3.05, 3.63) is 94.9 Å². The number of nitrogens with one attached hydrogen (secondary N) is 1. The fourth-order valence-corrected chi connectivity index (χ4v) is 5.91. The molecule has 2 unspecified atom stereocenters. The monoisotopic (exact) mass is 486 g/mol. The number of carbonyl (C=O) groups is 2. The molecule has 0 fully saturated rings. The first-order chi connectivity index (χ1) is 17.1. The molecule has 35 heavy (non-hydrogen) atoms. The molecule has 7 heteroatoms. The third-order valence-electron chi connectivity index (χ3n) is 6.33. The van der Waals surface area contributed by atoms with E-state index in [9.17, 15) is 9.59 Å². The van der Waals surface area contributed by atoms with Gasteiger partial charge in [0.25, 0.3) is 5.91 Å². The number of anilines is 1. The van der Waals surface area contributed by atoms with Crippen molar-refractivity contribution < 1.29 is 19.1 Å². The number of hydrogen-bond acceptors (Lipinski definition) is 5. The Morgan fingerprint density at radius 3 is 2.60 bits per heavy atom. The van der Waals surface area contributed by atoms with Crippen molar-refractivity contribution in [1.82, 2.24) is 4.90 Å². The third kappa shape index (κ3) is 4.40. The Balaban J connectivity index is 1.63. The van der Waals surface area contributed by atoms with Gasteiger partial charge < -0.3 is 19.7 Å². The Kier molecular flexibility index (Phi) is 6.53. The smallest absolute Gasteiger partial charge is 0.254 e. The first-order valence-electron chi connectivity index (χ1n) is 11.4. The summed E-state index contributed by atoms with van der Waals surface area (Å²) in [7, 11) is 3.21. The molecule has 4 aromatic rings. The van der Waals surface area contributed by atoms with Gasteiger partial charge >= 0.3 is 0 Å². The van der Waals surface area contributed by atoms with Crippen LogP contribution >= 0.6 is 11.3 Å². The van der Waals surface area contributed by atoms with Gasteiger partial charge in [0.1, 0.15) is 5.75 Å². The summed E-state index contributed by atoms with van der Waals surface area (Å²) in [6, 6.07) is 24.4. The van der Waals surface area contributed by atoms with Crippen LogP contribution in [0.25, 0.3) is 10.1 Å². The topological polar surface area (TPSA) is 67.9 Å². The molecule has 1 N–H and O–H groups in total. The number of thiophene rings is 1. The predicted molar refractivity (Wildman–Crippen MR) is 138 cm³/mol. The Labute approximate surface area is 208 Å². The van der Waals surface area contributed by atoms with E-state index in [4.69, 9.17) is 9.47 Å². The molecule has 2 amide bonds. The molecule has 1 aromatic heterocycles. The van der Waals surface area contributed by atoms with Crippen LogP contribution in [0.5, 0.6) is 5.75 Å². The second-order valence-corrected chi connectivity index (χ2v) is 9.52. The lowest BCUT2D eigenvalue weighted by Crippen LogP contribution is -2.47. The minimum absolute atomic E-state index is 0.0921. The first kappa shape index (κ1) is 23.1. The lowest BCUT2D eigenvalue weighted by molar-refractivity contribution is -0.119. The summed E-state index contributed by atoms with van der Waals surface area (Å²) >= 11 is 1.62. The first-order valence-corrected chi connectivity index (χ1v) is 12.2. The number of hydrogen-bond donors (Lipinski definition) is 1. The Morgan fingerprint density at radius 2 is 1.80 bits per heavy atom. The quantitative estimate of drug-likeness (QED) is 0.376. The summed E-state index contributed by atoms with van der Waals surface area (Å²) in [6.07, 6.45) is 0. The van der Waals surface area contributed by atoms with Gasteiger partial charge in [-0.2, -0.15) is 0 Å². The van der Waals surface area contributed by atoms with Gasteiger partial charge in [0.2, 0.25) is 5.91 Å². The summed E-state index contributed by atoms with van der Waals surface area (Å²) in [6.45, 7) is 0.755. The van der Waals surface area contributed by atoms with E-state index in [1.165, 1.54) is 0 Å². The lowest BCUT2D eigenvalue weighted by Gasteiger charge is -2.41. The number of ether oxygens (including phenoxy) is 2. The van der Waals surface area contributed by atoms with Crippen molar-refractivity contribution in [3.8, 4) is 5.75 Å². The summed E-state index contributed by atoms with van der Waals surface area (Å²) in [5.41, 5.74) is 1.92. The Hall–Kier alpha value is -3.68. The van der Waals surface area contributed by atoms with Crippen molar-refractivity contribution in [3.63, 3.8) is 0 Å². The normalized spacial score (nSPS) is 17.3. The van der Waals surface area contributed by atoms with Gasteiger partial charge in [-0.1, -0.05) is 42.5 Å². The lowest BCUT2D eigenvalue weighted by atomic mass is 9.81. The zero-order valence-corrected chi connectivity index (χ0v) is 20.4. The van der Waals surface area contributed by atoms with E-state index in [2.05, 4.69) is 23.5 Å². The van der Waals surface area contributed by atoms with E-state index < -0.39 is 12.0 Å². The third-order valence-corrected chi connectivity index (χ3v) is 7.52. The second kappa shape index (κ2) is 9.90. The van der Waals surface area contributed by atoms with E-state index in [0.717, 1.165) is 20.5 Å². The van der Waals surface area contributed by atoms with Crippen LogP contribution in [0.1, 0.15) is 32.8 Å². The van der Waals surface area contributed by atoms with Gasteiger partial charge in [0.15, 0.2) is 0 Å². The van der Waals surface area contributed by atoms with Crippen molar-refractivity contribution >= 4 is 38.9 Å². The molecule has 2 atom stereocenters. The summed E-state index contributed by atoms with van der Waals surface area (Å²) < 4.78 is 11.8. The van der Waals surface area contributed by atoms with Gasteiger partial charge in [0, 0.05) is 40.5 Å². The van der Waals surface area contributed by atoms with Crippen LogP contribution in [0.3, 0.4) is 0 Å². The van der Waals surface area contributed by atoms with Crippen molar-refractivity contribution in [2.45, 2.75) is 12.0 Å². The number of rotatable bonds is 7. The highest BCUT2D eigenvalue weighted by molar-refractivity contribution is 7.19. The molecule has 0 aliphatic carbocycles. The number of fused-ring (bicyclic) bond motifs is 2. The summed E-state index contributed by atoms with van der Waals surface area (Å²) in [4.78, 5) is 30.3. The van der Waals surface area contributed by atoms with Crippen molar-refractivity contribution in [2.24, 2.45) is 0 Å². The second-order valence-electron chi connectivity index (χ2n) is 8.41. The molecule has 2 heterocycles. The molecule has 3 aromatic carbocycles. The molecule has 0 bridgehead atoms. The molecule has 178 valence electrons. The fraction of sp³-hybridized carbons (Fsp3) is 0.214. The highest BCUT2D eigenvalue weighted by atomic mass is 32.1. The number of benzene rings is 3. The summed E-state index contributed by atoms with van der Waals surface area (Å²) in [5.74, 6) is -0.210. The molecule has 6 nitrogen and oxygen atoms in total. The highest BCUT2D eigenvalue weighted by Crippen LogP contribution is 2.46. The largest absolute Gasteiger partial charge is 0.497 e. The van der Waals surface area contributed by atoms with Crippen LogP contribution < -0.4 is 10.1 Å². The zero-order chi connectivity index (χ0) is 24.4. The van der Waals surface area contributed by atoms with Crippen LogP contribution in [-0.2, 0) is 9.53 Å². The van der Waals surface area contributed by atoms with Crippen molar-refractivity contribution in [1.29, 1.82) is 0 Å². The van der Waals surface area contributed by atoms with Crippen LogP contribution in [0.4, 0.5) is 5.69 Å². The maximum Gasteiger partial charge on any atom is 0.254 e. The predicted octanol–water partition coefficient (Wildman–Crippen LogP) is 5.48. The Morgan fingerprint density at radius 1 is 1.00 bits per heavy atom. The molecular weight excluding hydrogens is 460 g/mol. The van der Waals surface area contributed by atoms with E-state index >= 15 is 0 Å². The molecule has 0 radical (unpaired) electrons. The van der Waals surface area contributed by atoms with Gasteiger partial charge in [-0.3, -0.25) is 9.59 Å². The van der Waals surface area contributed by atoms with Gasteiger partial charge in [-0.15, -0.1) is 11.3 Å². The van der Waals surface area contributed by atoms with E-state index in [0.29, 0.717) is 30.2 Å². The minimum atomic E-state index is -0.597. The minimum Gasteiger partial charge on any atom is -0.497 e. The number of nitrogens with zero attached hydrogens (tertiary/aromatic N) is 1. The average Bonchev–Trinajstić information content (AvgIpc) is 3.32. The number of amides is 2. The van der Waals surface area contributed by atoms with Gasteiger partial charge in [-0.25, -0.2) is 0 Å². The van der Waals surface area contributed by atoms with Crippen LogP contribution in [0, 0.1) is 0 Å². The van der Waals surface area contributed by atoms with Gasteiger partial charge in [-0.05, 0) is 41.3 Å². The number of carbonyl (C=O) groups excluding carboxylic acids is 2. The molecular formula is C28H26N2O4S. The molecule has 0 saturated heterocycles. The average molecular weight is 487 g/mol. The standard InChI is InChI=1S/C28H26N2O4S/c1-33-15-14-30-26(24-16-18-8-3-6-13-23(18)35-24)25(21-11-4-5-12-22(21)28(30)32)27(31)29-19-9-7-10-20(17-19)34-2/h3-13,16-17,25-26H,14-15H2,1-2H3,(H,29,31). The molecule has 1 aliphatic rings. The fourth-order valence-electron chi connectivity index (χ4n) is 4.70. The van der Waals surface area contributed by atoms with E-state index in [-0.39, 0.29) is 11.8 Å². The summed E-state index contributed by atoms with van der Waals surface area (Å²) in [5, 5.41) is 4.16. The van der Waals surface area contributed by atoms with Crippen LogP contribution in [0.15, 0.2) is 78.9 Å². The zero-order valence-electron chi connectivity index (χ0n) is 19.6. The van der Waals surface area contributed by atoms with Crippen molar-refractivity contribution in [2.75, 3.05) is 32.7 Å². The Bertz CT molecular complexity index is 1350. The SMILES string of the molecule is COCCN1C(=O)c2ccccc2C(C(=O)Nc2cccc(OC)c2)C1c1cc2ccccc2s1. The number of methoxy groups -OCH3 is 2. The molecule has 0 spiro atoms. The molecule has 5 rings (SSSR count). The van der Waals surface area contributed by atoms with E-state index in [1.54, 1.807) is 42.6 Å². The maximum absolute atomic E-state index is 13.9. The maximum atomic E-state index is 13.9. The van der Waals surface area contributed by atoms with Crippen LogP contribution in [0.2, 0.25) is 0 Å². The van der Waals surface area contributed by atoms with E-state index in [1.807, 2.05) is 48.5 Å². The van der Waals surface area contributed by atoms with Gasteiger partial charge in [0.05, 0.1) is 25.7 Å². The van der Waals surface area contributed by atoms with Crippen LogP contribution in [-0.4, -0.2) is 44.1 Å².